The molecule has 1 aliphatic rings. The van der Waals surface area contributed by atoms with Gasteiger partial charge in [0.05, 0.1) is 17.5 Å². The van der Waals surface area contributed by atoms with Crippen molar-refractivity contribution >= 4 is 17.8 Å². The Balaban J connectivity index is 1.65. The molecule has 2 heterocycles. The summed E-state index contributed by atoms with van der Waals surface area (Å²) < 4.78 is 0. The van der Waals surface area contributed by atoms with Crippen LogP contribution in [-0.4, -0.2) is 33.0 Å². The number of carbonyl (C=O) groups excluding carboxylic acids is 3. The van der Waals surface area contributed by atoms with Crippen LogP contribution >= 0.6 is 0 Å². The van der Waals surface area contributed by atoms with Gasteiger partial charge in [-0.15, -0.1) is 0 Å². The van der Waals surface area contributed by atoms with Crippen LogP contribution in [0.15, 0.2) is 36.5 Å². The lowest BCUT2D eigenvalue weighted by Crippen LogP contribution is -2.32. The number of amides is 2. The van der Waals surface area contributed by atoms with Gasteiger partial charge in [-0.1, -0.05) is 17.2 Å². The molecule has 0 unspecified atom stereocenters. The van der Waals surface area contributed by atoms with E-state index in [0.717, 1.165) is 5.69 Å². The molecule has 0 saturated heterocycles. The Morgan fingerprint density at radius 2 is 1.81 bits per heavy atom. The average molecular weight is 285 g/mol. The Morgan fingerprint density at radius 3 is 2.38 bits per heavy atom. The lowest BCUT2D eigenvalue weighted by atomic mass is 10.1. The molecule has 3 rings (SSSR count). The Hall–Kier alpha value is -2.96. The first-order valence-electron chi connectivity index (χ1n) is 6.33. The maximum atomic E-state index is 12.0. The van der Waals surface area contributed by atoms with Gasteiger partial charge in [0.15, 0.2) is 0 Å². The minimum absolute atomic E-state index is 0.0373. The zero-order valence-electron chi connectivity index (χ0n) is 10.9. The first kappa shape index (κ1) is 13.0. The Kier molecular flexibility index (Phi) is 3.23. The summed E-state index contributed by atoms with van der Waals surface area (Å²) in [7, 11) is 0. The van der Waals surface area contributed by atoms with E-state index < -0.39 is 17.8 Å². The number of H-pyrrole nitrogens is 1. The third-order valence-corrected chi connectivity index (χ3v) is 3.11. The number of imide groups is 1. The number of nitrogens with zero attached hydrogens (tertiary/aromatic N) is 2. The highest BCUT2D eigenvalue weighted by atomic mass is 16.7. The third-order valence-electron chi connectivity index (χ3n) is 3.11. The van der Waals surface area contributed by atoms with Crippen molar-refractivity contribution < 1.29 is 19.2 Å². The van der Waals surface area contributed by atoms with E-state index in [4.69, 9.17) is 4.84 Å². The molecule has 1 aliphatic heterocycles. The third kappa shape index (κ3) is 2.40. The van der Waals surface area contributed by atoms with Gasteiger partial charge >= 0.3 is 5.97 Å². The smallest absolute Gasteiger partial charge is 0.330 e. The SMILES string of the molecule is O=C(CCc1ccn[nH]1)ON1C(=O)c2ccccc2C1=O. The van der Waals surface area contributed by atoms with E-state index >= 15 is 0 Å². The van der Waals surface area contributed by atoms with Gasteiger partial charge in [-0.25, -0.2) is 4.79 Å². The van der Waals surface area contributed by atoms with Crippen molar-refractivity contribution in [2.45, 2.75) is 12.8 Å². The summed E-state index contributed by atoms with van der Waals surface area (Å²) in [5, 5.41) is 6.99. The highest BCUT2D eigenvalue weighted by Gasteiger charge is 2.38. The number of rotatable bonds is 4. The molecule has 7 nitrogen and oxygen atoms in total. The molecule has 2 amide bonds. The Bertz CT molecular complexity index is 674. The molecule has 0 bridgehead atoms. The molecule has 0 spiro atoms. The second kappa shape index (κ2) is 5.20. The van der Waals surface area contributed by atoms with Gasteiger partial charge in [0.1, 0.15) is 0 Å². The van der Waals surface area contributed by atoms with Crippen LogP contribution in [0, 0.1) is 0 Å². The van der Waals surface area contributed by atoms with E-state index in [1.54, 1.807) is 24.4 Å². The Labute approximate surface area is 119 Å². The number of carbonyl (C=O) groups is 3. The monoisotopic (exact) mass is 285 g/mol. The summed E-state index contributed by atoms with van der Waals surface area (Å²) >= 11 is 0. The van der Waals surface area contributed by atoms with Crippen molar-refractivity contribution in [3.05, 3.63) is 53.3 Å². The highest BCUT2D eigenvalue weighted by Crippen LogP contribution is 2.22. The normalized spacial score (nSPS) is 13.4. The highest BCUT2D eigenvalue weighted by molar-refractivity contribution is 6.20. The summed E-state index contributed by atoms with van der Waals surface area (Å²) in [5.74, 6) is -1.89. The van der Waals surface area contributed by atoms with E-state index in [-0.39, 0.29) is 17.5 Å². The van der Waals surface area contributed by atoms with Crippen molar-refractivity contribution in [3.8, 4) is 0 Å². The largest absolute Gasteiger partial charge is 0.333 e. The molecule has 0 atom stereocenters. The summed E-state index contributed by atoms with van der Waals surface area (Å²) in [4.78, 5) is 40.6. The van der Waals surface area contributed by atoms with Gasteiger partial charge in [0, 0.05) is 11.9 Å². The van der Waals surface area contributed by atoms with Crippen LogP contribution in [0.2, 0.25) is 0 Å². The average Bonchev–Trinajstić information content (AvgIpc) is 3.09. The number of hydrogen-bond donors (Lipinski definition) is 1. The van der Waals surface area contributed by atoms with Gasteiger partial charge in [-0.3, -0.25) is 14.7 Å². The number of hydroxylamine groups is 2. The number of aromatic amines is 1. The first-order chi connectivity index (χ1) is 10.2. The zero-order valence-corrected chi connectivity index (χ0v) is 10.9. The van der Waals surface area contributed by atoms with Crippen LogP contribution in [0.25, 0.3) is 0 Å². The van der Waals surface area contributed by atoms with Gasteiger partial charge in [-0.2, -0.15) is 5.10 Å². The van der Waals surface area contributed by atoms with E-state index in [0.29, 0.717) is 11.5 Å². The minimum Gasteiger partial charge on any atom is -0.330 e. The van der Waals surface area contributed by atoms with Crippen LogP contribution in [0.4, 0.5) is 0 Å². The molecule has 1 aromatic carbocycles. The number of fused-ring (bicyclic) bond motifs is 1. The predicted octanol–water partition coefficient (Wildman–Crippen LogP) is 1.10. The molecule has 2 aromatic rings. The molecule has 0 aliphatic carbocycles. The number of hydrogen-bond acceptors (Lipinski definition) is 5. The number of aryl methyl sites for hydroxylation is 1. The zero-order chi connectivity index (χ0) is 14.8. The summed E-state index contributed by atoms with van der Waals surface area (Å²) in [6.07, 6.45) is 2.00. The lowest BCUT2D eigenvalue weighted by Gasteiger charge is -2.12. The second-order valence-corrected chi connectivity index (χ2v) is 4.50. The van der Waals surface area contributed by atoms with E-state index in [1.165, 1.54) is 12.1 Å². The fourth-order valence-corrected chi connectivity index (χ4v) is 2.06. The van der Waals surface area contributed by atoms with Gasteiger partial charge < -0.3 is 4.84 Å². The van der Waals surface area contributed by atoms with Crippen LogP contribution in [0.3, 0.4) is 0 Å². The van der Waals surface area contributed by atoms with Crippen LogP contribution < -0.4 is 0 Å². The molecular weight excluding hydrogens is 274 g/mol. The lowest BCUT2D eigenvalue weighted by molar-refractivity contribution is -0.168. The maximum Gasteiger partial charge on any atom is 0.333 e. The van der Waals surface area contributed by atoms with Crippen molar-refractivity contribution in [1.29, 1.82) is 0 Å². The quantitative estimate of drug-likeness (QED) is 0.849. The van der Waals surface area contributed by atoms with Crippen molar-refractivity contribution in [2.75, 3.05) is 0 Å². The number of nitrogens with one attached hydrogen (secondary N) is 1. The van der Waals surface area contributed by atoms with Crippen LogP contribution in [-0.2, 0) is 16.1 Å². The molecule has 106 valence electrons. The summed E-state index contributed by atoms with van der Waals surface area (Å²) in [6.45, 7) is 0. The van der Waals surface area contributed by atoms with Crippen molar-refractivity contribution in [1.82, 2.24) is 15.3 Å². The molecule has 0 fully saturated rings. The van der Waals surface area contributed by atoms with Crippen molar-refractivity contribution in [3.63, 3.8) is 0 Å². The topological polar surface area (TPSA) is 92.4 Å². The fourth-order valence-electron chi connectivity index (χ4n) is 2.06. The van der Waals surface area contributed by atoms with E-state index in [9.17, 15) is 14.4 Å². The van der Waals surface area contributed by atoms with Gasteiger partial charge in [-0.05, 0) is 24.6 Å². The second-order valence-electron chi connectivity index (χ2n) is 4.50. The minimum atomic E-state index is -0.654. The van der Waals surface area contributed by atoms with Crippen molar-refractivity contribution in [2.24, 2.45) is 0 Å². The summed E-state index contributed by atoms with van der Waals surface area (Å²) in [6, 6.07) is 8.07. The molecular formula is C14H11N3O4. The number of benzene rings is 1. The summed E-state index contributed by atoms with van der Waals surface area (Å²) in [5.41, 5.74) is 1.25. The van der Waals surface area contributed by atoms with Gasteiger partial charge in [0.25, 0.3) is 11.8 Å². The molecule has 7 heteroatoms. The Morgan fingerprint density at radius 1 is 1.14 bits per heavy atom. The number of aromatic nitrogens is 2. The molecule has 1 aromatic heterocycles. The molecule has 1 N–H and O–H groups in total. The van der Waals surface area contributed by atoms with E-state index in [2.05, 4.69) is 10.2 Å². The van der Waals surface area contributed by atoms with E-state index in [1.807, 2.05) is 0 Å². The fraction of sp³-hybridized carbons (Fsp3) is 0.143. The maximum absolute atomic E-state index is 12.0. The van der Waals surface area contributed by atoms with Gasteiger partial charge in [0.2, 0.25) is 0 Å². The standard InChI is InChI=1S/C14H11N3O4/c18-12(6-5-9-7-8-15-16-9)21-17-13(19)10-3-1-2-4-11(10)14(17)20/h1-4,7-8H,5-6H2,(H,15,16). The molecule has 0 radical (unpaired) electrons. The molecule has 21 heavy (non-hydrogen) atoms. The predicted molar refractivity (Wildman–Crippen MR) is 69.9 cm³/mol. The van der Waals surface area contributed by atoms with Crippen LogP contribution in [0.5, 0.6) is 0 Å². The van der Waals surface area contributed by atoms with Crippen LogP contribution in [0.1, 0.15) is 32.8 Å². The molecule has 0 saturated carbocycles. The first-order valence-corrected chi connectivity index (χ1v) is 6.33.